The molecule has 0 aliphatic carbocycles. The highest BCUT2D eigenvalue weighted by atomic mass is 35.5. The number of thiazole rings is 1. The molecule has 10 heteroatoms. The number of ether oxygens (including phenoxy) is 1. The van der Waals surface area contributed by atoms with E-state index in [0.29, 0.717) is 34.6 Å². The normalized spacial score (nSPS) is 16.6. The van der Waals surface area contributed by atoms with Gasteiger partial charge in [-0.25, -0.2) is 4.98 Å². The van der Waals surface area contributed by atoms with Crippen LogP contribution < -0.4 is 11.1 Å². The van der Waals surface area contributed by atoms with E-state index in [1.807, 2.05) is 47.8 Å². The highest BCUT2D eigenvalue weighted by Crippen LogP contribution is 2.29. The number of nitrogens with zero attached hydrogens (tertiary/aromatic N) is 2. The maximum absolute atomic E-state index is 12.4. The molecule has 1 unspecified atom stereocenters. The summed E-state index contributed by atoms with van der Waals surface area (Å²) >= 11 is 15.1. The first-order chi connectivity index (χ1) is 16.0. The van der Waals surface area contributed by atoms with Gasteiger partial charge in [-0.05, 0) is 29.8 Å². The van der Waals surface area contributed by atoms with Crippen LogP contribution in [0.1, 0.15) is 5.56 Å². The average molecular weight is 524 g/mol. The largest absolute Gasteiger partial charge is 0.399 e. The fraction of sp³-hybridized carbons (Fsp3) is 0.304. The topological polar surface area (TPSA) is 80.5 Å². The molecule has 3 aromatic rings. The molecule has 174 valence electrons. The summed E-state index contributed by atoms with van der Waals surface area (Å²) in [7, 11) is 0. The number of benzene rings is 2. The van der Waals surface area contributed by atoms with Crippen molar-refractivity contribution in [2.24, 2.45) is 0 Å². The molecule has 0 saturated carbocycles. The van der Waals surface area contributed by atoms with Crippen LogP contribution in [-0.4, -0.2) is 53.9 Å². The third-order valence-corrected chi connectivity index (χ3v) is 7.89. The average Bonchev–Trinajstić information content (AvgIpc) is 3.28. The Kier molecular flexibility index (Phi) is 8.51. The summed E-state index contributed by atoms with van der Waals surface area (Å²) in [4.78, 5) is 19.3. The summed E-state index contributed by atoms with van der Waals surface area (Å²) in [5.41, 5.74) is 9.50. The predicted octanol–water partition coefficient (Wildman–Crippen LogP) is 4.81. The Bertz CT molecular complexity index is 1110. The molecule has 1 saturated heterocycles. The molecule has 1 aromatic heterocycles. The molecule has 1 atom stereocenters. The van der Waals surface area contributed by atoms with Gasteiger partial charge in [0.2, 0.25) is 5.91 Å². The van der Waals surface area contributed by atoms with Gasteiger partial charge in [0, 0.05) is 42.8 Å². The summed E-state index contributed by atoms with van der Waals surface area (Å²) < 4.78 is 6.68. The molecule has 3 N–H and O–H groups in total. The van der Waals surface area contributed by atoms with E-state index in [0.717, 1.165) is 40.8 Å². The lowest BCUT2D eigenvalue weighted by molar-refractivity contribution is -0.119. The third kappa shape index (κ3) is 7.09. The smallest absolute Gasteiger partial charge is 0.230 e. The van der Waals surface area contributed by atoms with Gasteiger partial charge in [0.05, 0.1) is 34.2 Å². The number of carbonyl (C=O) groups excluding carboxylic acids is 1. The van der Waals surface area contributed by atoms with E-state index in [4.69, 9.17) is 33.7 Å². The van der Waals surface area contributed by atoms with Gasteiger partial charge < -0.3 is 15.8 Å². The van der Waals surface area contributed by atoms with Crippen LogP contribution in [0, 0.1) is 0 Å². The number of carbonyl (C=O) groups is 1. The molecular weight excluding hydrogens is 499 g/mol. The van der Waals surface area contributed by atoms with Gasteiger partial charge in [-0.15, -0.1) is 11.3 Å². The maximum Gasteiger partial charge on any atom is 0.230 e. The second kappa shape index (κ2) is 11.6. The van der Waals surface area contributed by atoms with Gasteiger partial charge in [0.1, 0.15) is 0 Å². The molecule has 1 aliphatic rings. The SMILES string of the molecule is Nc1cccc(-c2csc(SCC(=O)NCC3CN(Cc4ccc(Cl)c(Cl)c4)CCO3)n2)c1. The Balaban J connectivity index is 1.21. The van der Waals surface area contributed by atoms with Crippen molar-refractivity contribution >= 4 is 57.9 Å². The van der Waals surface area contributed by atoms with Crippen LogP contribution in [0.2, 0.25) is 10.0 Å². The highest BCUT2D eigenvalue weighted by molar-refractivity contribution is 8.01. The summed E-state index contributed by atoms with van der Waals surface area (Å²) in [5.74, 6) is 0.273. The quantitative estimate of drug-likeness (QED) is 0.326. The zero-order valence-corrected chi connectivity index (χ0v) is 20.9. The van der Waals surface area contributed by atoms with E-state index in [9.17, 15) is 4.79 Å². The van der Waals surface area contributed by atoms with Gasteiger partial charge >= 0.3 is 0 Å². The summed E-state index contributed by atoms with van der Waals surface area (Å²) in [6, 6.07) is 13.3. The third-order valence-electron chi connectivity index (χ3n) is 5.13. The molecule has 1 aliphatic heterocycles. The lowest BCUT2D eigenvalue weighted by atomic mass is 10.1. The summed E-state index contributed by atoms with van der Waals surface area (Å²) in [6.07, 6.45) is -0.0505. The Labute approximate surface area is 211 Å². The fourth-order valence-electron chi connectivity index (χ4n) is 3.50. The van der Waals surface area contributed by atoms with Crippen molar-refractivity contribution in [1.29, 1.82) is 0 Å². The molecule has 2 heterocycles. The zero-order chi connectivity index (χ0) is 23.2. The van der Waals surface area contributed by atoms with Crippen LogP contribution in [0.5, 0.6) is 0 Å². The lowest BCUT2D eigenvalue weighted by Crippen LogP contribution is -2.47. The van der Waals surface area contributed by atoms with Crippen molar-refractivity contribution in [2.45, 2.75) is 17.0 Å². The number of halogens is 2. The molecule has 0 bridgehead atoms. The predicted molar refractivity (Wildman–Crippen MR) is 137 cm³/mol. The number of nitrogen functional groups attached to an aromatic ring is 1. The van der Waals surface area contributed by atoms with Crippen molar-refractivity contribution in [3.05, 3.63) is 63.5 Å². The number of nitrogens with one attached hydrogen (secondary N) is 1. The summed E-state index contributed by atoms with van der Waals surface area (Å²) in [5, 5.41) is 6.07. The molecule has 1 amide bonds. The summed E-state index contributed by atoms with van der Waals surface area (Å²) in [6.45, 7) is 3.44. The minimum absolute atomic E-state index is 0.0362. The number of amides is 1. The first-order valence-corrected chi connectivity index (χ1v) is 13.1. The van der Waals surface area contributed by atoms with E-state index in [-0.39, 0.29) is 12.0 Å². The van der Waals surface area contributed by atoms with Crippen molar-refractivity contribution in [1.82, 2.24) is 15.2 Å². The van der Waals surface area contributed by atoms with Gasteiger partial charge in [-0.2, -0.15) is 0 Å². The number of thioether (sulfide) groups is 1. The molecule has 1 fully saturated rings. The highest BCUT2D eigenvalue weighted by Gasteiger charge is 2.21. The Morgan fingerprint density at radius 3 is 2.97 bits per heavy atom. The molecular formula is C23H24Cl2N4O2S2. The first kappa shape index (κ1) is 24.3. The van der Waals surface area contributed by atoms with Gasteiger partial charge in [-0.1, -0.05) is 53.2 Å². The van der Waals surface area contributed by atoms with Crippen LogP contribution in [-0.2, 0) is 16.1 Å². The van der Waals surface area contributed by atoms with E-state index in [2.05, 4.69) is 15.2 Å². The number of anilines is 1. The van der Waals surface area contributed by atoms with Gasteiger partial charge in [0.15, 0.2) is 4.34 Å². The van der Waals surface area contributed by atoms with Crippen LogP contribution in [0.25, 0.3) is 11.3 Å². The van der Waals surface area contributed by atoms with Crippen LogP contribution >= 0.6 is 46.3 Å². The minimum Gasteiger partial charge on any atom is -0.399 e. The van der Waals surface area contributed by atoms with Crippen molar-refractivity contribution in [3.63, 3.8) is 0 Å². The van der Waals surface area contributed by atoms with E-state index < -0.39 is 0 Å². The standard InChI is InChI=1S/C23H24Cl2N4O2S2/c24-19-5-4-15(8-20(19)25)11-29-6-7-31-18(12-29)10-27-22(30)14-33-23-28-21(13-32-23)16-2-1-3-17(26)9-16/h1-5,8-9,13,18H,6-7,10-12,14,26H2,(H,27,30). The van der Waals surface area contributed by atoms with E-state index >= 15 is 0 Å². The first-order valence-electron chi connectivity index (χ1n) is 10.4. The molecule has 4 rings (SSSR count). The number of aromatic nitrogens is 1. The number of rotatable bonds is 8. The van der Waals surface area contributed by atoms with Gasteiger partial charge in [0.25, 0.3) is 0 Å². The fourth-order valence-corrected chi connectivity index (χ4v) is 5.49. The van der Waals surface area contributed by atoms with Crippen LogP contribution in [0.15, 0.2) is 52.2 Å². The number of hydrogen-bond acceptors (Lipinski definition) is 7. The minimum atomic E-state index is -0.0505. The van der Waals surface area contributed by atoms with Crippen LogP contribution in [0.3, 0.4) is 0 Å². The monoisotopic (exact) mass is 522 g/mol. The molecule has 0 radical (unpaired) electrons. The molecule has 0 spiro atoms. The Morgan fingerprint density at radius 1 is 1.27 bits per heavy atom. The number of hydrogen-bond donors (Lipinski definition) is 2. The molecule has 33 heavy (non-hydrogen) atoms. The van der Waals surface area contributed by atoms with Crippen molar-refractivity contribution in [2.75, 3.05) is 37.7 Å². The second-order valence-electron chi connectivity index (χ2n) is 7.69. The van der Waals surface area contributed by atoms with E-state index in [1.54, 1.807) is 0 Å². The van der Waals surface area contributed by atoms with Crippen molar-refractivity contribution < 1.29 is 9.53 Å². The zero-order valence-electron chi connectivity index (χ0n) is 17.8. The molecule has 2 aromatic carbocycles. The number of morpholine rings is 1. The van der Waals surface area contributed by atoms with Crippen LogP contribution in [0.4, 0.5) is 5.69 Å². The van der Waals surface area contributed by atoms with E-state index in [1.165, 1.54) is 23.1 Å². The Hall–Kier alpha value is -1.81. The number of nitrogens with two attached hydrogens (primary N) is 1. The second-order valence-corrected chi connectivity index (χ2v) is 10.6. The lowest BCUT2D eigenvalue weighted by Gasteiger charge is -2.33. The Morgan fingerprint density at radius 2 is 2.15 bits per heavy atom. The van der Waals surface area contributed by atoms with Crippen molar-refractivity contribution in [3.8, 4) is 11.3 Å². The van der Waals surface area contributed by atoms with Gasteiger partial charge in [-0.3, -0.25) is 9.69 Å². The molecule has 6 nitrogen and oxygen atoms in total. The maximum atomic E-state index is 12.4.